The minimum absolute atomic E-state index is 0.667. The van der Waals surface area contributed by atoms with Crippen molar-refractivity contribution in [3.8, 4) is 16.3 Å². The highest BCUT2D eigenvalue weighted by Gasteiger charge is 2.29. The standard InChI is InChI=1S/C20H20BrN3OS/c1-25-19-7-4-15(21)9-18(19)20-23-16(13-26-20)12-24(17-5-6-17)11-14-3-2-8-22-10-14/h2-4,7-10,13,17H,5-6,11-12H2,1H3. The summed E-state index contributed by atoms with van der Waals surface area (Å²) in [5.41, 5.74) is 3.40. The van der Waals surface area contributed by atoms with Crippen LogP contribution in [0.1, 0.15) is 24.1 Å². The van der Waals surface area contributed by atoms with Gasteiger partial charge in [0.2, 0.25) is 0 Å². The minimum Gasteiger partial charge on any atom is -0.496 e. The highest BCUT2D eigenvalue weighted by Crippen LogP contribution is 2.35. The van der Waals surface area contributed by atoms with Gasteiger partial charge in [-0.3, -0.25) is 9.88 Å². The van der Waals surface area contributed by atoms with E-state index in [1.807, 2.05) is 30.6 Å². The normalized spacial score (nSPS) is 14.0. The molecule has 0 N–H and O–H groups in total. The quantitative estimate of drug-likeness (QED) is 0.520. The van der Waals surface area contributed by atoms with Gasteiger partial charge in [-0.2, -0.15) is 0 Å². The monoisotopic (exact) mass is 429 g/mol. The molecule has 134 valence electrons. The number of halogens is 1. The van der Waals surface area contributed by atoms with E-state index in [-0.39, 0.29) is 0 Å². The molecule has 0 unspecified atom stereocenters. The number of benzene rings is 1. The Morgan fingerprint density at radius 3 is 2.88 bits per heavy atom. The Bertz CT molecular complexity index is 880. The molecule has 4 nitrogen and oxygen atoms in total. The lowest BCUT2D eigenvalue weighted by Gasteiger charge is -2.20. The molecule has 1 saturated carbocycles. The number of rotatable bonds is 7. The van der Waals surface area contributed by atoms with E-state index in [2.05, 4.69) is 43.3 Å². The van der Waals surface area contributed by atoms with Crippen molar-refractivity contribution in [2.75, 3.05) is 7.11 Å². The first-order valence-electron chi connectivity index (χ1n) is 8.64. The largest absolute Gasteiger partial charge is 0.496 e. The number of hydrogen-bond acceptors (Lipinski definition) is 5. The molecule has 0 amide bonds. The van der Waals surface area contributed by atoms with Crippen molar-refractivity contribution in [2.45, 2.75) is 32.0 Å². The molecule has 2 aromatic heterocycles. The van der Waals surface area contributed by atoms with Crippen LogP contribution in [0.5, 0.6) is 5.75 Å². The zero-order valence-corrected chi connectivity index (χ0v) is 17.0. The van der Waals surface area contributed by atoms with Crippen LogP contribution in [0.25, 0.3) is 10.6 Å². The zero-order valence-electron chi connectivity index (χ0n) is 14.6. The van der Waals surface area contributed by atoms with Crippen LogP contribution in [-0.4, -0.2) is 28.0 Å². The highest BCUT2D eigenvalue weighted by atomic mass is 79.9. The number of methoxy groups -OCH3 is 1. The van der Waals surface area contributed by atoms with Crippen LogP contribution in [-0.2, 0) is 13.1 Å². The van der Waals surface area contributed by atoms with Crippen molar-refractivity contribution in [2.24, 2.45) is 0 Å². The fourth-order valence-corrected chi connectivity index (χ4v) is 4.23. The van der Waals surface area contributed by atoms with Crippen LogP contribution >= 0.6 is 27.3 Å². The first-order valence-corrected chi connectivity index (χ1v) is 10.3. The fourth-order valence-electron chi connectivity index (χ4n) is 3.04. The summed E-state index contributed by atoms with van der Waals surface area (Å²) < 4.78 is 6.53. The topological polar surface area (TPSA) is 38.2 Å². The molecule has 26 heavy (non-hydrogen) atoms. The Morgan fingerprint density at radius 1 is 1.27 bits per heavy atom. The van der Waals surface area contributed by atoms with Crippen molar-refractivity contribution in [3.63, 3.8) is 0 Å². The van der Waals surface area contributed by atoms with Gasteiger partial charge in [-0.1, -0.05) is 22.0 Å². The molecule has 0 spiro atoms. The van der Waals surface area contributed by atoms with Gasteiger partial charge >= 0.3 is 0 Å². The maximum Gasteiger partial charge on any atom is 0.129 e. The Labute approximate surface area is 166 Å². The second-order valence-corrected chi connectivity index (χ2v) is 8.26. The van der Waals surface area contributed by atoms with Gasteiger partial charge in [0, 0.05) is 41.4 Å². The van der Waals surface area contributed by atoms with E-state index in [0.717, 1.165) is 39.6 Å². The highest BCUT2D eigenvalue weighted by molar-refractivity contribution is 9.10. The predicted octanol–water partition coefficient (Wildman–Crippen LogP) is 5.14. The molecule has 0 aliphatic heterocycles. The Kier molecular flexibility index (Phi) is 5.33. The van der Waals surface area contributed by atoms with Crippen LogP contribution in [0, 0.1) is 0 Å². The van der Waals surface area contributed by atoms with E-state index in [4.69, 9.17) is 9.72 Å². The van der Waals surface area contributed by atoms with Gasteiger partial charge in [0.05, 0.1) is 18.4 Å². The van der Waals surface area contributed by atoms with Gasteiger partial charge in [-0.05, 0) is 42.7 Å². The molecule has 0 saturated heterocycles. The van der Waals surface area contributed by atoms with Gasteiger partial charge in [-0.25, -0.2) is 4.98 Å². The fraction of sp³-hybridized carbons (Fsp3) is 0.300. The summed E-state index contributed by atoms with van der Waals surface area (Å²) in [5.74, 6) is 0.850. The predicted molar refractivity (Wildman–Crippen MR) is 108 cm³/mol. The molecular formula is C20H20BrN3OS. The van der Waals surface area contributed by atoms with Crippen molar-refractivity contribution in [1.29, 1.82) is 0 Å². The molecule has 2 heterocycles. The van der Waals surface area contributed by atoms with Gasteiger partial charge in [-0.15, -0.1) is 11.3 Å². The number of aromatic nitrogens is 2. The van der Waals surface area contributed by atoms with Crippen LogP contribution in [0.4, 0.5) is 0 Å². The van der Waals surface area contributed by atoms with Crippen LogP contribution < -0.4 is 4.74 Å². The van der Waals surface area contributed by atoms with Crippen molar-refractivity contribution in [1.82, 2.24) is 14.9 Å². The summed E-state index contributed by atoms with van der Waals surface area (Å²) in [5, 5.41) is 3.16. The molecule has 1 fully saturated rings. The molecule has 1 aliphatic carbocycles. The first kappa shape index (κ1) is 17.6. The second-order valence-electron chi connectivity index (χ2n) is 6.49. The third-order valence-corrected chi connectivity index (χ3v) is 5.90. The van der Waals surface area contributed by atoms with Gasteiger partial charge < -0.3 is 4.74 Å². The molecular weight excluding hydrogens is 410 g/mol. The van der Waals surface area contributed by atoms with E-state index in [1.165, 1.54) is 18.4 Å². The summed E-state index contributed by atoms with van der Waals surface area (Å²) in [6, 6.07) is 10.8. The Morgan fingerprint density at radius 2 is 2.15 bits per heavy atom. The van der Waals surface area contributed by atoms with E-state index < -0.39 is 0 Å². The Hall–Kier alpha value is -1.76. The van der Waals surface area contributed by atoms with Crippen molar-refractivity contribution >= 4 is 27.3 Å². The molecule has 6 heteroatoms. The molecule has 1 aromatic carbocycles. The summed E-state index contributed by atoms with van der Waals surface area (Å²) in [6.45, 7) is 1.79. The lowest BCUT2D eigenvalue weighted by atomic mass is 10.2. The molecule has 0 radical (unpaired) electrons. The minimum atomic E-state index is 0.667. The summed E-state index contributed by atoms with van der Waals surface area (Å²) in [6.07, 6.45) is 6.32. The van der Waals surface area contributed by atoms with Crippen LogP contribution in [0.2, 0.25) is 0 Å². The second kappa shape index (κ2) is 7.86. The maximum absolute atomic E-state index is 5.50. The number of ether oxygens (including phenoxy) is 1. The third kappa shape index (κ3) is 4.14. The summed E-state index contributed by atoms with van der Waals surface area (Å²) in [7, 11) is 1.70. The number of nitrogens with zero attached hydrogens (tertiary/aromatic N) is 3. The third-order valence-electron chi connectivity index (χ3n) is 4.48. The number of pyridine rings is 1. The molecule has 0 atom stereocenters. The maximum atomic E-state index is 5.50. The van der Waals surface area contributed by atoms with Crippen LogP contribution in [0.3, 0.4) is 0 Å². The van der Waals surface area contributed by atoms with Crippen molar-refractivity contribution in [3.05, 3.63) is 63.8 Å². The zero-order chi connectivity index (χ0) is 17.9. The van der Waals surface area contributed by atoms with Gasteiger partial charge in [0.25, 0.3) is 0 Å². The SMILES string of the molecule is COc1ccc(Br)cc1-c1nc(CN(Cc2cccnc2)C2CC2)cs1. The average molecular weight is 430 g/mol. The van der Waals surface area contributed by atoms with E-state index in [0.29, 0.717) is 6.04 Å². The van der Waals surface area contributed by atoms with E-state index >= 15 is 0 Å². The van der Waals surface area contributed by atoms with Crippen molar-refractivity contribution < 1.29 is 4.74 Å². The summed E-state index contributed by atoms with van der Waals surface area (Å²) >= 11 is 5.21. The van der Waals surface area contributed by atoms with E-state index in [1.54, 1.807) is 18.4 Å². The number of hydrogen-bond donors (Lipinski definition) is 0. The lowest BCUT2D eigenvalue weighted by molar-refractivity contribution is 0.243. The Balaban J connectivity index is 1.53. The molecule has 3 aromatic rings. The van der Waals surface area contributed by atoms with Gasteiger partial charge in [0.15, 0.2) is 0 Å². The molecule has 0 bridgehead atoms. The smallest absolute Gasteiger partial charge is 0.129 e. The molecule has 1 aliphatic rings. The molecule has 4 rings (SSSR count). The summed E-state index contributed by atoms with van der Waals surface area (Å²) in [4.78, 5) is 11.6. The van der Waals surface area contributed by atoms with Crippen LogP contribution in [0.15, 0.2) is 52.6 Å². The lowest BCUT2D eigenvalue weighted by Crippen LogP contribution is -2.25. The van der Waals surface area contributed by atoms with E-state index in [9.17, 15) is 0 Å². The first-order chi connectivity index (χ1) is 12.7. The average Bonchev–Trinajstić information content (AvgIpc) is 3.41. The number of thiazole rings is 1. The van der Waals surface area contributed by atoms with Gasteiger partial charge in [0.1, 0.15) is 10.8 Å².